The predicted octanol–water partition coefficient (Wildman–Crippen LogP) is 2.25. The van der Waals surface area contributed by atoms with Crippen LogP contribution in [0.25, 0.3) is 11.3 Å². The number of aliphatic hydroxyl groups excluding tert-OH is 1. The van der Waals surface area contributed by atoms with E-state index in [1.165, 1.54) is 0 Å². The van der Waals surface area contributed by atoms with Crippen LogP contribution in [0, 0.1) is 0 Å². The molecule has 3 nitrogen and oxygen atoms in total. The Morgan fingerprint density at radius 1 is 1.12 bits per heavy atom. The summed E-state index contributed by atoms with van der Waals surface area (Å²) in [7, 11) is 1.59. The van der Waals surface area contributed by atoms with E-state index in [1.54, 1.807) is 13.2 Å². The molecule has 0 aliphatic carbocycles. The van der Waals surface area contributed by atoms with Gasteiger partial charge < -0.3 is 9.84 Å². The second-order valence-electron chi connectivity index (χ2n) is 3.38. The highest BCUT2D eigenvalue weighted by Crippen LogP contribution is 2.23. The largest absolute Gasteiger partial charge is 0.481 e. The molecule has 2 rings (SSSR count). The van der Waals surface area contributed by atoms with Crippen molar-refractivity contribution in [3.8, 4) is 17.1 Å². The van der Waals surface area contributed by atoms with Crippen LogP contribution in [0.2, 0.25) is 0 Å². The van der Waals surface area contributed by atoms with Gasteiger partial charge in [0, 0.05) is 11.6 Å². The summed E-state index contributed by atoms with van der Waals surface area (Å²) < 4.78 is 5.08. The normalized spacial score (nSPS) is 10.1. The Hall–Kier alpha value is -1.87. The van der Waals surface area contributed by atoms with E-state index in [1.807, 2.05) is 36.4 Å². The van der Waals surface area contributed by atoms with Crippen molar-refractivity contribution >= 4 is 0 Å². The number of hydrogen-bond acceptors (Lipinski definition) is 3. The molecule has 0 saturated carbocycles. The molecule has 1 aromatic carbocycles. The number of aromatic nitrogens is 1. The number of nitrogens with zero attached hydrogens (tertiary/aromatic N) is 1. The number of pyridine rings is 1. The summed E-state index contributed by atoms with van der Waals surface area (Å²) in [5, 5.41) is 9.25. The average molecular weight is 215 g/mol. The van der Waals surface area contributed by atoms with Crippen molar-refractivity contribution in [1.82, 2.24) is 4.98 Å². The first-order valence-corrected chi connectivity index (χ1v) is 5.05. The molecule has 1 aromatic heterocycles. The van der Waals surface area contributed by atoms with Gasteiger partial charge >= 0.3 is 0 Å². The second-order valence-corrected chi connectivity index (χ2v) is 3.38. The first kappa shape index (κ1) is 10.6. The zero-order valence-electron chi connectivity index (χ0n) is 9.05. The Morgan fingerprint density at radius 3 is 2.69 bits per heavy atom. The second kappa shape index (κ2) is 4.77. The highest BCUT2D eigenvalue weighted by molar-refractivity contribution is 5.63. The van der Waals surface area contributed by atoms with Crippen molar-refractivity contribution in [2.75, 3.05) is 7.11 Å². The maximum absolute atomic E-state index is 9.25. The third kappa shape index (κ3) is 2.04. The fraction of sp³-hybridized carbons (Fsp3) is 0.154. The van der Waals surface area contributed by atoms with Crippen LogP contribution >= 0.6 is 0 Å². The van der Waals surface area contributed by atoms with Crippen molar-refractivity contribution < 1.29 is 9.84 Å². The van der Waals surface area contributed by atoms with Crippen molar-refractivity contribution in [3.63, 3.8) is 0 Å². The van der Waals surface area contributed by atoms with Crippen LogP contribution in [0.1, 0.15) is 5.56 Å². The van der Waals surface area contributed by atoms with E-state index in [0.29, 0.717) is 5.88 Å². The van der Waals surface area contributed by atoms with Crippen molar-refractivity contribution in [2.45, 2.75) is 6.61 Å². The maximum atomic E-state index is 9.25. The Kier molecular flexibility index (Phi) is 3.17. The molecule has 1 heterocycles. The molecular weight excluding hydrogens is 202 g/mol. The SMILES string of the molecule is COc1cccc(-c2ccccc2CO)n1. The minimum Gasteiger partial charge on any atom is -0.481 e. The first-order valence-electron chi connectivity index (χ1n) is 5.05. The lowest BCUT2D eigenvalue weighted by Crippen LogP contribution is -1.93. The molecule has 2 aromatic rings. The molecule has 82 valence electrons. The summed E-state index contributed by atoms with van der Waals surface area (Å²) in [5.41, 5.74) is 2.61. The Balaban J connectivity index is 2.49. The van der Waals surface area contributed by atoms with Gasteiger partial charge in [0.05, 0.1) is 19.4 Å². The number of ether oxygens (including phenoxy) is 1. The summed E-state index contributed by atoms with van der Waals surface area (Å²) in [6.07, 6.45) is 0. The van der Waals surface area contributed by atoms with Gasteiger partial charge in [-0.1, -0.05) is 30.3 Å². The van der Waals surface area contributed by atoms with Gasteiger partial charge in [-0.25, -0.2) is 4.98 Å². The van der Waals surface area contributed by atoms with Gasteiger partial charge in [-0.15, -0.1) is 0 Å². The lowest BCUT2D eigenvalue weighted by Gasteiger charge is -2.07. The molecule has 0 aliphatic heterocycles. The third-order valence-corrected chi connectivity index (χ3v) is 2.40. The number of benzene rings is 1. The number of rotatable bonds is 3. The van der Waals surface area contributed by atoms with Gasteiger partial charge in [-0.2, -0.15) is 0 Å². The fourth-order valence-corrected chi connectivity index (χ4v) is 1.59. The predicted molar refractivity (Wildman–Crippen MR) is 62.1 cm³/mol. The standard InChI is InChI=1S/C13H13NO2/c1-16-13-8-4-7-12(14-13)11-6-3-2-5-10(11)9-15/h2-8,15H,9H2,1H3. The van der Waals surface area contributed by atoms with Gasteiger partial charge in [0.2, 0.25) is 5.88 Å². The lowest BCUT2D eigenvalue weighted by atomic mass is 10.0. The molecule has 0 spiro atoms. The summed E-state index contributed by atoms with van der Waals surface area (Å²) in [6.45, 7) is 0.00899. The Labute approximate surface area is 94.3 Å². The summed E-state index contributed by atoms with van der Waals surface area (Å²) in [4.78, 5) is 4.34. The van der Waals surface area contributed by atoms with E-state index < -0.39 is 0 Å². The number of aliphatic hydroxyl groups is 1. The molecule has 16 heavy (non-hydrogen) atoms. The molecule has 0 aliphatic rings. The van der Waals surface area contributed by atoms with E-state index >= 15 is 0 Å². The summed E-state index contributed by atoms with van der Waals surface area (Å²) in [6, 6.07) is 13.2. The van der Waals surface area contributed by atoms with Crippen LogP contribution in [-0.4, -0.2) is 17.2 Å². The molecular formula is C13H13NO2. The van der Waals surface area contributed by atoms with Gasteiger partial charge in [0.1, 0.15) is 0 Å². The van der Waals surface area contributed by atoms with Crippen LogP contribution in [-0.2, 0) is 6.61 Å². The average Bonchev–Trinajstić information content (AvgIpc) is 2.38. The van der Waals surface area contributed by atoms with Crippen LogP contribution in [0.4, 0.5) is 0 Å². The van der Waals surface area contributed by atoms with Crippen LogP contribution in [0.5, 0.6) is 5.88 Å². The van der Waals surface area contributed by atoms with Crippen molar-refractivity contribution in [3.05, 3.63) is 48.0 Å². The smallest absolute Gasteiger partial charge is 0.213 e. The van der Waals surface area contributed by atoms with Gasteiger partial charge in [-0.3, -0.25) is 0 Å². The Morgan fingerprint density at radius 2 is 1.94 bits per heavy atom. The molecule has 0 fully saturated rings. The highest BCUT2D eigenvalue weighted by atomic mass is 16.5. The minimum atomic E-state index is 0.00899. The molecule has 3 heteroatoms. The van der Waals surface area contributed by atoms with Crippen molar-refractivity contribution in [2.24, 2.45) is 0 Å². The molecule has 0 unspecified atom stereocenters. The topological polar surface area (TPSA) is 42.4 Å². The van der Waals surface area contributed by atoms with E-state index in [2.05, 4.69) is 4.98 Å². The molecule has 0 amide bonds. The van der Waals surface area contributed by atoms with E-state index in [4.69, 9.17) is 4.74 Å². The zero-order valence-corrected chi connectivity index (χ0v) is 9.05. The molecule has 0 saturated heterocycles. The van der Waals surface area contributed by atoms with E-state index in [9.17, 15) is 5.11 Å². The van der Waals surface area contributed by atoms with Gasteiger partial charge in [0.25, 0.3) is 0 Å². The van der Waals surface area contributed by atoms with E-state index in [0.717, 1.165) is 16.8 Å². The van der Waals surface area contributed by atoms with Crippen LogP contribution in [0.15, 0.2) is 42.5 Å². The summed E-state index contributed by atoms with van der Waals surface area (Å²) >= 11 is 0. The molecule has 0 atom stereocenters. The fourth-order valence-electron chi connectivity index (χ4n) is 1.59. The number of methoxy groups -OCH3 is 1. The Bertz CT molecular complexity index is 483. The minimum absolute atomic E-state index is 0.00899. The zero-order chi connectivity index (χ0) is 11.4. The van der Waals surface area contributed by atoms with Crippen LogP contribution < -0.4 is 4.74 Å². The maximum Gasteiger partial charge on any atom is 0.213 e. The van der Waals surface area contributed by atoms with Gasteiger partial charge in [-0.05, 0) is 11.6 Å². The first-order chi connectivity index (χ1) is 7.85. The summed E-state index contributed by atoms with van der Waals surface area (Å²) in [5.74, 6) is 0.574. The van der Waals surface area contributed by atoms with Crippen LogP contribution in [0.3, 0.4) is 0 Å². The highest BCUT2D eigenvalue weighted by Gasteiger charge is 2.05. The van der Waals surface area contributed by atoms with E-state index in [-0.39, 0.29) is 6.61 Å². The molecule has 0 radical (unpaired) electrons. The molecule has 1 N–H and O–H groups in total. The molecule has 0 bridgehead atoms. The quantitative estimate of drug-likeness (QED) is 0.853. The number of hydrogen-bond donors (Lipinski definition) is 1. The third-order valence-electron chi connectivity index (χ3n) is 2.40. The van der Waals surface area contributed by atoms with Crippen molar-refractivity contribution in [1.29, 1.82) is 0 Å². The lowest BCUT2D eigenvalue weighted by molar-refractivity contribution is 0.282. The van der Waals surface area contributed by atoms with Gasteiger partial charge in [0.15, 0.2) is 0 Å². The monoisotopic (exact) mass is 215 g/mol.